The van der Waals surface area contributed by atoms with Crippen molar-refractivity contribution in [2.75, 3.05) is 10.6 Å². The van der Waals surface area contributed by atoms with Gasteiger partial charge in [-0.25, -0.2) is 0 Å². The first-order chi connectivity index (χ1) is 15.1. The van der Waals surface area contributed by atoms with E-state index < -0.39 is 17.6 Å². The van der Waals surface area contributed by atoms with Crippen LogP contribution in [-0.2, 0) is 6.18 Å². The summed E-state index contributed by atoms with van der Waals surface area (Å²) >= 11 is 7.21. The summed E-state index contributed by atoms with van der Waals surface area (Å²) in [7, 11) is 0. The van der Waals surface area contributed by atoms with Crippen LogP contribution in [-0.4, -0.2) is 16.9 Å². The van der Waals surface area contributed by atoms with E-state index in [2.05, 4.69) is 16.0 Å². The van der Waals surface area contributed by atoms with E-state index in [0.717, 1.165) is 15.7 Å². The lowest BCUT2D eigenvalue weighted by Crippen LogP contribution is -2.34. The Morgan fingerprint density at radius 1 is 0.812 bits per heavy atom. The molecule has 3 rings (SSSR count). The maximum atomic E-state index is 12.9. The summed E-state index contributed by atoms with van der Waals surface area (Å²) in [6.07, 6.45) is -4.51. The number of nitrogens with one attached hydrogen (secondary N) is 3. The van der Waals surface area contributed by atoms with E-state index in [0.29, 0.717) is 11.3 Å². The lowest BCUT2D eigenvalue weighted by molar-refractivity contribution is -0.137. The highest BCUT2D eigenvalue weighted by Gasteiger charge is 2.30. The van der Waals surface area contributed by atoms with Gasteiger partial charge >= 0.3 is 6.18 Å². The molecule has 0 radical (unpaired) electrons. The molecule has 3 aromatic rings. The van der Waals surface area contributed by atoms with Crippen molar-refractivity contribution in [3.63, 3.8) is 0 Å². The summed E-state index contributed by atoms with van der Waals surface area (Å²) in [4.78, 5) is 24.8. The van der Waals surface area contributed by atoms with Gasteiger partial charge in [-0.2, -0.15) is 13.2 Å². The molecule has 3 aromatic carbocycles. The molecule has 0 aliphatic heterocycles. The standard InChI is InChI=1S/C22H15F3IN3O2S/c23-22(24,25)14-6-4-8-16(12-14)27-19(30)13-5-3-7-15(11-13)28-21(32)29-20(31)17-9-1-2-10-18(17)26/h1-12H,(H,27,30)(H2,28,29,31,32). The number of amides is 2. The Labute approximate surface area is 200 Å². The smallest absolute Gasteiger partial charge is 0.332 e. The van der Waals surface area contributed by atoms with E-state index in [-0.39, 0.29) is 22.3 Å². The molecule has 0 atom stereocenters. The highest BCUT2D eigenvalue weighted by molar-refractivity contribution is 14.1. The lowest BCUT2D eigenvalue weighted by atomic mass is 10.1. The molecule has 5 nitrogen and oxygen atoms in total. The number of halogens is 4. The number of anilines is 2. The summed E-state index contributed by atoms with van der Waals surface area (Å²) < 4.78 is 39.3. The third-order valence-corrected chi connectivity index (χ3v) is 5.32. The van der Waals surface area contributed by atoms with Crippen LogP contribution in [0.2, 0.25) is 0 Å². The fourth-order valence-corrected chi connectivity index (χ4v) is 3.54. The van der Waals surface area contributed by atoms with Crippen molar-refractivity contribution in [3.8, 4) is 0 Å². The highest BCUT2D eigenvalue weighted by Crippen LogP contribution is 2.30. The summed E-state index contributed by atoms with van der Waals surface area (Å²) in [5, 5.41) is 7.86. The molecule has 0 unspecified atom stereocenters. The second-order valence-corrected chi connectivity index (χ2v) is 8.07. The monoisotopic (exact) mass is 569 g/mol. The van der Waals surface area contributed by atoms with Gasteiger partial charge in [0.2, 0.25) is 0 Å². The van der Waals surface area contributed by atoms with Crippen molar-refractivity contribution < 1.29 is 22.8 Å². The SMILES string of the molecule is O=C(Nc1cccc(C(F)(F)F)c1)c1cccc(NC(=S)NC(=O)c2ccccc2I)c1. The van der Waals surface area contributed by atoms with Crippen LogP contribution in [0.4, 0.5) is 24.5 Å². The van der Waals surface area contributed by atoms with E-state index in [1.807, 2.05) is 28.7 Å². The minimum Gasteiger partial charge on any atom is -0.332 e. The van der Waals surface area contributed by atoms with Crippen LogP contribution in [0.15, 0.2) is 72.8 Å². The molecule has 0 fully saturated rings. The predicted octanol–water partition coefficient (Wildman–Crippen LogP) is 5.69. The predicted molar refractivity (Wildman–Crippen MR) is 129 cm³/mol. The van der Waals surface area contributed by atoms with Crippen molar-refractivity contribution in [2.24, 2.45) is 0 Å². The van der Waals surface area contributed by atoms with Gasteiger partial charge in [0.05, 0.1) is 11.1 Å². The first kappa shape index (κ1) is 23.7. The van der Waals surface area contributed by atoms with Gasteiger partial charge in [-0.1, -0.05) is 24.3 Å². The van der Waals surface area contributed by atoms with E-state index in [4.69, 9.17) is 12.2 Å². The van der Waals surface area contributed by atoms with Crippen molar-refractivity contribution in [1.82, 2.24) is 5.32 Å². The summed E-state index contributed by atoms with van der Waals surface area (Å²) in [5.74, 6) is -0.979. The van der Waals surface area contributed by atoms with Gasteiger partial charge in [-0.05, 0) is 83.3 Å². The third-order valence-electron chi connectivity index (χ3n) is 4.18. The Morgan fingerprint density at radius 2 is 1.47 bits per heavy atom. The Bertz CT molecular complexity index is 1180. The van der Waals surface area contributed by atoms with Gasteiger partial charge < -0.3 is 10.6 Å². The molecule has 0 bridgehead atoms. The first-order valence-electron chi connectivity index (χ1n) is 9.09. The van der Waals surface area contributed by atoms with E-state index >= 15 is 0 Å². The fourth-order valence-electron chi connectivity index (χ4n) is 2.69. The van der Waals surface area contributed by atoms with Crippen LogP contribution in [0.5, 0.6) is 0 Å². The molecule has 0 spiro atoms. The molecule has 0 aliphatic rings. The topological polar surface area (TPSA) is 70.2 Å². The average molecular weight is 569 g/mol. The number of thiocarbonyl (C=S) groups is 1. The number of carbonyl (C=O) groups excluding carboxylic acids is 2. The van der Waals surface area contributed by atoms with E-state index in [9.17, 15) is 22.8 Å². The molecule has 0 aliphatic carbocycles. The Hall–Kier alpha value is -2.99. The minimum absolute atomic E-state index is 0.0171. The number of benzene rings is 3. The zero-order valence-corrected chi connectivity index (χ0v) is 19.1. The van der Waals surface area contributed by atoms with Crippen LogP contribution >= 0.6 is 34.8 Å². The van der Waals surface area contributed by atoms with Gasteiger partial charge in [0.25, 0.3) is 11.8 Å². The summed E-state index contributed by atoms with van der Waals surface area (Å²) in [6.45, 7) is 0. The molecule has 2 amide bonds. The zero-order chi connectivity index (χ0) is 23.3. The van der Waals surface area contributed by atoms with Crippen LogP contribution in [0.3, 0.4) is 0 Å². The number of rotatable bonds is 4. The third kappa shape index (κ3) is 6.26. The van der Waals surface area contributed by atoms with Gasteiger partial charge in [0, 0.05) is 20.5 Å². The average Bonchev–Trinajstić information content (AvgIpc) is 2.73. The maximum absolute atomic E-state index is 12.9. The number of carbonyl (C=O) groups is 2. The molecular weight excluding hydrogens is 554 g/mol. The second kappa shape index (κ2) is 10.1. The quantitative estimate of drug-likeness (QED) is 0.279. The van der Waals surface area contributed by atoms with Crippen LogP contribution in [0, 0.1) is 3.57 Å². The fraction of sp³-hybridized carbons (Fsp3) is 0.0455. The Morgan fingerprint density at radius 3 is 2.16 bits per heavy atom. The molecule has 32 heavy (non-hydrogen) atoms. The van der Waals surface area contributed by atoms with Gasteiger partial charge in [-0.3, -0.25) is 14.9 Å². The van der Waals surface area contributed by atoms with Crippen LogP contribution in [0.1, 0.15) is 26.3 Å². The van der Waals surface area contributed by atoms with Crippen molar-refractivity contribution in [3.05, 3.63) is 93.1 Å². The highest BCUT2D eigenvalue weighted by atomic mass is 127. The summed E-state index contributed by atoms with van der Waals surface area (Å²) in [6, 6.07) is 17.5. The molecule has 3 N–H and O–H groups in total. The lowest BCUT2D eigenvalue weighted by Gasteiger charge is -2.12. The Kier molecular flexibility index (Phi) is 7.46. The van der Waals surface area contributed by atoms with Gasteiger partial charge in [-0.15, -0.1) is 0 Å². The van der Waals surface area contributed by atoms with E-state index in [1.165, 1.54) is 24.3 Å². The molecule has 0 aromatic heterocycles. The van der Waals surface area contributed by atoms with Crippen molar-refractivity contribution in [2.45, 2.75) is 6.18 Å². The van der Waals surface area contributed by atoms with Crippen LogP contribution in [0.25, 0.3) is 0 Å². The number of alkyl halides is 3. The van der Waals surface area contributed by atoms with Gasteiger partial charge in [0.15, 0.2) is 5.11 Å². The molecule has 0 saturated heterocycles. The zero-order valence-electron chi connectivity index (χ0n) is 16.2. The Balaban J connectivity index is 1.66. The number of hydrogen-bond acceptors (Lipinski definition) is 3. The molecule has 0 saturated carbocycles. The van der Waals surface area contributed by atoms with E-state index in [1.54, 1.807) is 30.3 Å². The number of hydrogen-bond donors (Lipinski definition) is 3. The molecular formula is C22H15F3IN3O2S. The first-order valence-corrected chi connectivity index (χ1v) is 10.6. The molecule has 10 heteroatoms. The van der Waals surface area contributed by atoms with Crippen LogP contribution < -0.4 is 16.0 Å². The second-order valence-electron chi connectivity index (χ2n) is 6.50. The van der Waals surface area contributed by atoms with Crippen molar-refractivity contribution >= 4 is 63.1 Å². The van der Waals surface area contributed by atoms with Crippen molar-refractivity contribution in [1.29, 1.82) is 0 Å². The molecule has 164 valence electrons. The maximum Gasteiger partial charge on any atom is 0.416 e. The minimum atomic E-state index is -4.51. The largest absolute Gasteiger partial charge is 0.416 e. The van der Waals surface area contributed by atoms with Gasteiger partial charge in [0.1, 0.15) is 0 Å². The normalized spacial score (nSPS) is 10.9. The molecule has 0 heterocycles. The summed E-state index contributed by atoms with van der Waals surface area (Å²) in [5.41, 5.74) is 0.240.